The second-order valence-electron chi connectivity index (χ2n) is 10.8. The Morgan fingerprint density at radius 2 is 1.34 bits per heavy atom. The number of unbranched alkanes of at least 4 members (excludes halogenated alkanes) is 1. The molecule has 1 aliphatic carbocycles. The van der Waals surface area contributed by atoms with Gasteiger partial charge >= 0.3 is 0 Å². The van der Waals surface area contributed by atoms with E-state index in [1.165, 1.54) is 69.9 Å². The summed E-state index contributed by atoms with van der Waals surface area (Å²) in [6.45, 7) is 4.26. The summed E-state index contributed by atoms with van der Waals surface area (Å²) in [7, 11) is 0. The second-order valence-corrected chi connectivity index (χ2v) is 10.8. The smallest absolute Gasteiger partial charge is 0.201 e. The number of hydrogen-bond donors (Lipinski definition) is 0. The molecule has 0 bridgehead atoms. The number of benzene rings is 3. The fourth-order valence-corrected chi connectivity index (χ4v) is 5.90. The van der Waals surface area contributed by atoms with Crippen LogP contribution in [0.1, 0.15) is 83.6 Å². The zero-order chi connectivity index (χ0) is 26.9. The van der Waals surface area contributed by atoms with Crippen molar-refractivity contribution in [3.05, 3.63) is 77.6 Å². The Morgan fingerprint density at radius 3 is 1.97 bits per heavy atom. The van der Waals surface area contributed by atoms with Crippen LogP contribution in [-0.2, 0) is 6.42 Å². The van der Waals surface area contributed by atoms with Crippen molar-refractivity contribution < 1.29 is 17.9 Å². The van der Waals surface area contributed by atoms with Crippen molar-refractivity contribution in [1.29, 1.82) is 0 Å². The normalized spacial score (nSPS) is 18.1. The zero-order valence-electron chi connectivity index (χ0n) is 22.9. The van der Waals surface area contributed by atoms with Crippen molar-refractivity contribution in [1.82, 2.24) is 0 Å². The highest BCUT2D eigenvalue weighted by Gasteiger charge is 2.18. The summed E-state index contributed by atoms with van der Waals surface area (Å²) in [5, 5.41) is 0. The van der Waals surface area contributed by atoms with Crippen LogP contribution in [-0.4, -0.2) is 6.61 Å². The number of halogens is 3. The summed E-state index contributed by atoms with van der Waals surface area (Å²) in [5.74, 6) is -0.567. The first kappa shape index (κ1) is 28.3. The first-order valence-electron chi connectivity index (χ1n) is 14.5. The third-order valence-electron chi connectivity index (χ3n) is 8.17. The molecule has 0 N–H and O–H groups in total. The molecule has 0 aromatic heterocycles. The fraction of sp³-hybridized carbons (Fsp3) is 0.471. The minimum atomic E-state index is -0.985. The Bertz CT molecular complexity index is 1160. The monoisotopic (exact) mass is 522 g/mol. The standard InChI is InChI=1S/C34H41F3O/c1-3-5-8-24-9-6-11-25(12-7-10-24)13-14-28-19-20-29(23-31(28)35)26-15-17-27(18-16-26)30-21-22-32(38-4-2)34(37)33(30)36/h15-25H,3-14H2,1-2H3. The molecule has 3 aromatic carbocycles. The van der Waals surface area contributed by atoms with E-state index >= 15 is 4.39 Å². The molecule has 1 saturated carbocycles. The van der Waals surface area contributed by atoms with Crippen molar-refractivity contribution >= 4 is 0 Å². The van der Waals surface area contributed by atoms with Gasteiger partial charge in [0.1, 0.15) is 5.82 Å². The van der Waals surface area contributed by atoms with Crippen LogP contribution < -0.4 is 4.74 Å². The van der Waals surface area contributed by atoms with E-state index in [9.17, 15) is 8.78 Å². The molecule has 1 fully saturated rings. The molecule has 0 heterocycles. The van der Waals surface area contributed by atoms with Gasteiger partial charge in [-0.05, 0) is 72.1 Å². The van der Waals surface area contributed by atoms with Crippen LogP contribution in [0.2, 0.25) is 0 Å². The Kier molecular flexibility index (Phi) is 10.3. The van der Waals surface area contributed by atoms with E-state index in [0.29, 0.717) is 11.5 Å². The van der Waals surface area contributed by atoms with E-state index in [1.807, 2.05) is 24.3 Å². The van der Waals surface area contributed by atoms with Crippen LogP contribution in [0, 0.1) is 29.3 Å². The summed E-state index contributed by atoms with van der Waals surface area (Å²) in [4.78, 5) is 0. The first-order valence-corrected chi connectivity index (χ1v) is 14.5. The molecule has 204 valence electrons. The van der Waals surface area contributed by atoms with Gasteiger partial charge < -0.3 is 4.74 Å². The van der Waals surface area contributed by atoms with E-state index in [2.05, 4.69) is 6.92 Å². The quantitative estimate of drug-likeness (QED) is 0.257. The molecule has 0 spiro atoms. The van der Waals surface area contributed by atoms with Crippen molar-refractivity contribution in [2.45, 2.75) is 84.5 Å². The van der Waals surface area contributed by atoms with Gasteiger partial charge in [-0.2, -0.15) is 4.39 Å². The van der Waals surface area contributed by atoms with Gasteiger partial charge in [0.25, 0.3) is 0 Å². The van der Waals surface area contributed by atoms with E-state index in [4.69, 9.17) is 4.74 Å². The maximum Gasteiger partial charge on any atom is 0.201 e. The number of hydrogen-bond acceptors (Lipinski definition) is 1. The molecule has 0 aliphatic heterocycles. The van der Waals surface area contributed by atoms with Gasteiger partial charge in [0.15, 0.2) is 11.6 Å². The van der Waals surface area contributed by atoms with Gasteiger partial charge in [-0.15, -0.1) is 0 Å². The Hall–Kier alpha value is -2.75. The molecule has 0 amide bonds. The van der Waals surface area contributed by atoms with Crippen molar-refractivity contribution in [2.75, 3.05) is 6.61 Å². The van der Waals surface area contributed by atoms with E-state index in [1.54, 1.807) is 25.1 Å². The molecule has 1 nitrogen and oxygen atoms in total. The van der Waals surface area contributed by atoms with E-state index in [0.717, 1.165) is 35.4 Å². The predicted molar refractivity (Wildman–Crippen MR) is 151 cm³/mol. The summed E-state index contributed by atoms with van der Waals surface area (Å²) in [6, 6.07) is 15.5. The number of ether oxygens (including phenoxy) is 1. The Balaban J connectivity index is 1.36. The molecule has 0 radical (unpaired) electrons. The largest absolute Gasteiger partial charge is 0.491 e. The van der Waals surface area contributed by atoms with Crippen LogP contribution >= 0.6 is 0 Å². The fourth-order valence-electron chi connectivity index (χ4n) is 5.90. The van der Waals surface area contributed by atoms with Gasteiger partial charge in [0, 0.05) is 5.56 Å². The molecule has 4 heteroatoms. The molecule has 0 unspecified atom stereocenters. The molecule has 3 aromatic rings. The number of rotatable bonds is 10. The number of aryl methyl sites for hydroxylation is 1. The van der Waals surface area contributed by atoms with Crippen LogP contribution in [0.4, 0.5) is 13.2 Å². The lowest BCUT2D eigenvalue weighted by Crippen LogP contribution is -2.11. The van der Waals surface area contributed by atoms with E-state index < -0.39 is 11.6 Å². The lowest BCUT2D eigenvalue weighted by molar-refractivity contribution is 0.292. The van der Waals surface area contributed by atoms with Crippen LogP contribution in [0.25, 0.3) is 22.3 Å². The molecule has 38 heavy (non-hydrogen) atoms. The molecule has 0 atom stereocenters. The zero-order valence-corrected chi connectivity index (χ0v) is 22.9. The highest BCUT2D eigenvalue weighted by atomic mass is 19.2. The lowest BCUT2D eigenvalue weighted by Gasteiger charge is -2.24. The highest BCUT2D eigenvalue weighted by molar-refractivity contribution is 5.71. The summed E-state index contributed by atoms with van der Waals surface area (Å²) >= 11 is 0. The summed E-state index contributed by atoms with van der Waals surface area (Å²) < 4.78 is 49.1. The maximum absolute atomic E-state index is 15.0. The topological polar surface area (TPSA) is 9.23 Å². The third kappa shape index (κ3) is 7.21. The Morgan fingerprint density at radius 1 is 0.711 bits per heavy atom. The molecular formula is C34H41F3O. The summed E-state index contributed by atoms with van der Waals surface area (Å²) in [5.41, 5.74) is 3.12. The van der Waals surface area contributed by atoms with Crippen molar-refractivity contribution in [3.8, 4) is 28.0 Å². The summed E-state index contributed by atoms with van der Waals surface area (Å²) in [6.07, 6.45) is 13.7. The molecule has 0 saturated heterocycles. The van der Waals surface area contributed by atoms with Crippen molar-refractivity contribution in [2.24, 2.45) is 11.8 Å². The average Bonchev–Trinajstić information content (AvgIpc) is 2.91. The molecular weight excluding hydrogens is 481 g/mol. The second kappa shape index (κ2) is 13.9. The minimum Gasteiger partial charge on any atom is -0.491 e. The van der Waals surface area contributed by atoms with Gasteiger partial charge in [0.2, 0.25) is 5.82 Å². The molecule has 1 aliphatic rings. The average molecular weight is 523 g/mol. The van der Waals surface area contributed by atoms with Crippen LogP contribution in [0.15, 0.2) is 54.6 Å². The van der Waals surface area contributed by atoms with Crippen LogP contribution in [0.3, 0.4) is 0 Å². The van der Waals surface area contributed by atoms with Crippen molar-refractivity contribution in [3.63, 3.8) is 0 Å². The Labute approximate surface area is 226 Å². The first-order chi connectivity index (χ1) is 18.5. The SMILES string of the molecule is CCCCC1CCCC(CCc2ccc(-c3ccc(-c4ccc(OCC)c(F)c4F)cc3)cc2F)CCC1. The van der Waals surface area contributed by atoms with Gasteiger partial charge in [-0.1, -0.05) is 101 Å². The highest BCUT2D eigenvalue weighted by Crippen LogP contribution is 2.33. The minimum absolute atomic E-state index is 0.0912. The molecule has 4 rings (SSSR count). The predicted octanol–water partition coefficient (Wildman–Crippen LogP) is 10.5. The third-order valence-corrected chi connectivity index (χ3v) is 8.17. The van der Waals surface area contributed by atoms with Crippen LogP contribution in [0.5, 0.6) is 5.75 Å². The van der Waals surface area contributed by atoms with Gasteiger partial charge in [-0.25, -0.2) is 8.78 Å². The lowest BCUT2D eigenvalue weighted by atomic mass is 9.81. The van der Waals surface area contributed by atoms with E-state index in [-0.39, 0.29) is 23.7 Å². The van der Waals surface area contributed by atoms with Gasteiger partial charge in [-0.3, -0.25) is 0 Å². The van der Waals surface area contributed by atoms with Gasteiger partial charge in [0.05, 0.1) is 6.61 Å². The maximum atomic E-state index is 15.0.